The van der Waals surface area contributed by atoms with Gasteiger partial charge in [0.25, 0.3) is 5.91 Å². The molecule has 3 heteroatoms. The average molecular weight is 285 g/mol. The number of benzene rings is 1. The maximum Gasteiger partial charge on any atom is 0.253 e. The van der Waals surface area contributed by atoms with Gasteiger partial charge in [-0.1, -0.05) is 37.2 Å². The van der Waals surface area contributed by atoms with E-state index >= 15 is 0 Å². The topological polar surface area (TPSA) is 40.5 Å². The molecule has 1 aromatic rings. The molecule has 0 heterocycles. The van der Waals surface area contributed by atoms with Crippen molar-refractivity contribution in [1.29, 1.82) is 0 Å². The van der Waals surface area contributed by atoms with Crippen LogP contribution in [-0.4, -0.2) is 35.6 Å². The van der Waals surface area contributed by atoms with Gasteiger partial charge in [-0.25, -0.2) is 0 Å². The summed E-state index contributed by atoms with van der Waals surface area (Å²) in [5.41, 5.74) is 1.52. The van der Waals surface area contributed by atoms with Crippen molar-refractivity contribution in [2.45, 2.75) is 44.6 Å². The summed E-state index contributed by atoms with van der Waals surface area (Å²) in [4.78, 5) is 14.5. The second kappa shape index (κ2) is 7.85. The predicted octanol–water partition coefficient (Wildman–Crippen LogP) is 2.83. The van der Waals surface area contributed by atoms with Gasteiger partial charge in [0.05, 0.1) is 6.61 Å². The number of aliphatic hydroxyl groups excluding tert-OH is 1. The molecule has 0 spiro atoms. The van der Waals surface area contributed by atoms with Crippen LogP contribution in [0.5, 0.6) is 0 Å². The SMILES string of the molecule is CN(C(=O)c1cccc(C#CCCO)c1)C1CCCCC1. The van der Waals surface area contributed by atoms with Crippen molar-refractivity contribution in [3.63, 3.8) is 0 Å². The molecule has 1 saturated carbocycles. The Kier molecular flexibility index (Phi) is 5.83. The van der Waals surface area contributed by atoms with Gasteiger partial charge >= 0.3 is 0 Å². The van der Waals surface area contributed by atoms with E-state index in [4.69, 9.17) is 5.11 Å². The number of hydrogen-bond acceptors (Lipinski definition) is 2. The molecule has 0 aromatic heterocycles. The Bertz CT molecular complexity index is 536. The first-order valence-corrected chi connectivity index (χ1v) is 7.69. The van der Waals surface area contributed by atoms with Crippen molar-refractivity contribution >= 4 is 5.91 Å². The first-order chi connectivity index (χ1) is 10.2. The van der Waals surface area contributed by atoms with E-state index in [-0.39, 0.29) is 12.5 Å². The molecule has 1 amide bonds. The Morgan fingerprint density at radius 3 is 2.81 bits per heavy atom. The van der Waals surface area contributed by atoms with Crippen molar-refractivity contribution in [3.8, 4) is 11.8 Å². The molecule has 0 radical (unpaired) electrons. The third-order valence-corrected chi connectivity index (χ3v) is 4.02. The van der Waals surface area contributed by atoms with Gasteiger partial charge in [-0.2, -0.15) is 0 Å². The summed E-state index contributed by atoms with van der Waals surface area (Å²) in [7, 11) is 1.91. The third kappa shape index (κ3) is 4.34. The zero-order valence-electron chi connectivity index (χ0n) is 12.6. The van der Waals surface area contributed by atoms with Crippen LogP contribution in [0.4, 0.5) is 0 Å². The van der Waals surface area contributed by atoms with Crippen LogP contribution in [0.25, 0.3) is 0 Å². The van der Waals surface area contributed by atoms with E-state index in [0.29, 0.717) is 18.0 Å². The van der Waals surface area contributed by atoms with Crippen LogP contribution in [0.3, 0.4) is 0 Å². The molecule has 0 unspecified atom stereocenters. The molecule has 0 saturated heterocycles. The first-order valence-electron chi connectivity index (χ1n) is 7.69. The summed E-state index contributed by atoms with van der Waals surface area (Å²) in [5.74, 6) is 5.94. The van der Waals surface area contributed by atoms with Gasteiger partial charge < -0.3 is 10.0 Å². The van der Waals surface area contributed by atoms with Crippen molar-refractivity contribution in [3.05, 3.63) is 35.4 Å². The Morgan fingerprint density at radius 1 is 1.33 bits per heavy atom. The molecule has 1 aromatic carbocycles. The Balaban J connectivity index is 2.08. The van der Waals surface area contributed by atoms with E-state index in [9.17, 15) is 4.79 Å². The molecular formula is C18H23NO2. The van der Waals surface area contributed by atoms with E-state index in [1.165, 1.54) is 19.3 Å². The smallest absolute Gasteiger partial charge is 0.253 e. The van der Waals surface area contributed by atoms with Gasteiger partial charge in [-0.05, 0) is 31.0 Å². The lowest BCUT2D eigenvalue weighted by Crippen LogP contribution is -2.38. The molecule has 112 valence electrons. The number of rotatable bonds is 3. The van der Waals surface area contributed by atoms with Crippen LogP contribution in [0.1, 0.15) is 54.4 Å². The highest BCUT2D eigenvalue weighted by molar-refractivity contribution is 5.94. The minimum atomic E-state index is 0.0655. The molecule has 1 fully saturated rings. The van der Waals surface area contributed by atoms with E-state index < -0.39 is 0 Å². The van der Waals surface area contributed by atoms with Gasteiger partial charge in [0.2, 0.25) is 0 Å². The molecule has 0 aliphatic heterocycles. The molecule has 1 aliphatic rings. The molecule has 0 bridgehead atoms. The molecule has 1 N–H and O–H groups in total. The molecule has 21 heavy (non-hydrogen) atoms. The van der Waals surface area contributed by atoms with Gasteiger partial charge in [-0.3, -0.25) is 4.79 Å². The monoisotopic (exact) mass is 285 g/mol. The van der Waals surface area contributed by atoms with Gasteiger partial charge in [0.15, 0.2) is 0 Å². The van der Waals surface area contributed by atoms with Crippen LogP contribution in [-0.2, 0) is 0 Å². The predicted molar refractivity (Wildman–Crippen MR) is 84.0 cm³/mol. The van der Waals surface area contributed by atoms with Crippen LogP contribution >= 0.6 is 0 Å². The number of hydrogen-bond donors (Lipinski definition) is 1. The summed E-state index contributed by atoms with van der Waals surface area (Å²) < 4.78 is 0. The lowest BCUT2D eigenvalue weighted by molar-refractivity contribution is 0.0696. The van der Waals surface area contributed by atoms with Crippen LogP contribution in [0.15, 0.2) is 24.3 Å². The normalized spacial score (nSPS) is 15.1. The Labute approximate surface area is 127 Å². The molecule has 1 aliphatic carbocycles. The molecular weight excluding hydrogens is 262 g/mol. The van der Waals surface area contributed by atoms with Crippen molar-refractivity contribution < 1.29 is 9.90 Å². The molecule has 0 atom stereocenters. The fraction of sp³-hybridized carbons (Fsp3) is 0.500. The fourth-order valence-electron chi connectivity index (χ4n) is 2.79. The summed E-state index contributed by atoms with van der Waals surface area (Å²) in [6.45, 7) is 0.0655. The van der Waals surface area contributed by atoms with Crippen LogP contribution in [0, 0.1) is 11.8 Å². The third-order valence-electron chi connectivity index (χ3n) is 4.02. The standard InChI is InChI=1S/C18H23NO2/c1-19(17-11-3-2-4-12-17)18(21)16-10-7-9-15(14-16)8-5-6-13-20/h7,9-10,14,17,20H,2-4,6,11-13H2,1H3. The number of nitrogens with zero attached hydrogens (tertiary/aromatic N) is 1. The Morgan fingerprint density at radius 2 is 2.10 bits per heavy atom. The number of carbonyl (C=O) groups excluding carboxylic acids is 1. The van der Waals surface area contributed by atoms with Crippen LogP contribution < -0.4 is 0 Å². The minimum Gasteiger partial charge on any atom is -0.395 e. The van der Waals surface area contributed by atoms with Gasteiger partial charge in [0.1, 0.15) is 0 Å². The zero-order chi connectivity index (χ0) is 15.1. The van der Waals surface area contributed by atoms with E-state index in [1.54, 1.807) is 0 Å². The summed E-state index contributed by atoms with van der Waals surface area (Å²) in [6, 6.07) is 7.81. The maximum absolute atomic E-state index is 12.6. The number of aliphatic hydroxyl groups is 1. The Hall–Kier alpha value is -1.79. The second-order valence-electron chi connectivity index (χ2n) is 5.56. The second-order valence-corrected chi connectivity index (χ2v) is 5.56. The van der Waals surface area contributed by atoms with E-state index in [1.807, 2.05) is 36.2 Å². The maximum atomic E-state index is 12.6. The molecule has 3 nitrogen and oxygen atoms in total. The average Bonchev–Trinajstić information content (AvgIpc) is 2.55. The quantitative estimate of drug-likeness (QED) is 0.868. The van der Waals surface area contributed by atoms with Crippen molar-refractivity contribution in [1.82, 2.24) is 4.90 Å². The van der Waals surface area contributed by atoms with Gasteiger partial charge in [-0.15, -0.1) is 0 Å². The highest BCUT2D eigenvalue weighted by Gasteiger charge is 2.22. The first kappa shape index (κ1) is 15.6. The largest absolute Gasteiger partial charge is 0.395 e. The van der Waals surface area contributed by atoms with Crippen molar-refractivity contribution in [2.24, 2.45) is 0 Å². The van der Waals surface area contributed by atoms with Crippen molar-refractivity contribution in [2.75, 3.05) is 13.7 Å². The van der Waals surface area contributed by atoms with Crippen LogP contribution in [0.2, 0.25) is 0 Å². The summed E-state index contributed by atoms with van der Waals surface area (Å²) >= 11 is 0. The summed E-state index contributed by atoms with van der Waals surface area (Å²) in [6.07, 6.45) is 6.40. The number of carbonyl (C=O) groups is 1. The molecule has 2 rings (SSSR count). The zero-order valence-corrected chi connectivity index (χ0v) is 12.6. The fourth-order valence-corrected chi connectivity index (χ4v) is 2.79. The minimum absolute atomic E-state index is 0.0655. The lowest BCUT2D eigenvalue weighted by Gasteiger charge is -2.31. The summed E-state index contributed by atoms with van der Waals surface area (Å²) in [5, 5.41) is 8.74. The lowest BCUT2D eigenvalue weighted by atomic mass is 9.94. The highest BCUT2D eigenvalue weighted by Crippen LogP contribution is 2.23. The van der Waals surface area contributed by atoms with E-state index in [0.717, 1.165) is 18.4 Å². The van der Waals surface area contributed by atoms with E-state index in [2.05, 4.69) is 11.8 Å². The number of amides is 1. The van der Waals surface area contributed by atoms with Gasteiger partial charge in [0, 0.05) is 30.6 Å². The highest BCUT2D eigenvalue weighted by atomic mass is 16.2.